The Morgan fingerprint density at radius 3 is 2.91 bits per heavy atom. The molecule has 0 bridgehead atoms. The molecule has 2 atom stereocenters. The first-order chi connectivity index (χ1) is 15.8. The Labute approximate surface area is 198 Å². The summed E-state index contributed by atoms with van der Waals surface area (Å²) in [6.45, 7) is 3.81. The lowest BCUT2D eigenvalue weighted by Crippen LogP contribution is -2.35. The van der Waals surface area contributed by atoms with Crippen molar-refractivity contribution in [2.75, 3.05) is 12.4 Å². The van der Waals surface area contributed by atoms with Crippen LogP contribution in [0.15, 0.2) is 35.1 Å². The molecule has 0 spiro atoms. The van der Waals surface area contributed by atoms with E-state index in [1.165, 1.54) is 6.07 Å². The normalized spacial score (nSPS) is 20.5. The van der Waals surface area contributed by atoms with Crippen molar-refractivity contribution in [1.29, 1.82) is 0 Å². The number of carbonyl (C=O) groups is 1. The molecule has 8 nitrogen and oxygen atoms in total. The minimum Gasteiger partial charge on any atom is -0.359 e. The van der Waals surface area contributed by atoms with E-state index in [0.717, 1.165) is 18.5 Å². The number of anilines is 1. The molecule has 1 saturated carbocycles. The number of aryl methyl sites for hydroxylation is 1. The molecule has 1 amide bonds. The van der Waals surface area contributed by atoms with E-state index < -0.39 is 11.2 Å². The van der Waals surface area contributed by atoms with Crippen molar-refractivity contribution in [1.82, 2.24) is 30.0 Å². The Morgan fingerprint density at radius 2 is 2.12 bits per heavy atom. The molecule has 33 heavy (non-hydrogen) atoms. The summed E-state index contributed by atoms with van der Waals surface area (Å²) in [4.78, 5) is 25.7. The number of nitrogens with one attached hydrogen (secondary N) is 2. The fourth-order valence-corrected chi connectivity index (χ4v) is 5.01. The van der Waals surface area contributed by atoms with Crippen molar-refractivity contribution >= 4 is 49.7 Å². The summed E-state index contributed by atoms with van der Waals surface area (Å²) in [6.07, 6.45) is 4.02. The van der Waals surface area contributed by atoms with Gasteiger partial charge in [0, 0.05) is 41.8 Å². The van der Waals surface area contributed by atoms with Crippen LogP contribution in [-0.2, 0) is 4.79 Å². The molecule has 1 aromatic carbocycles. The molecule has 0 saturated heterocycles. The second-order valence-corrected chi connectivity index (χ2v) is 9.56. The molecule has 0 radical (unpaired) electrons. The fourth-order valence-electron chi connectivity index (χ4n) is 4.57. The first-order valence-corrected chi connectivity index (χ1v) is 11.5. The quantitative estimate of drug-likeness (QED) is 0.424. The summed E-state index contributed by atoms with van der Waals surface area (Å²) in [7, 11) is 1.66. The first kappa shape index (κ1) is 21.7. The Balaban J connectivity index is 1.51. The van der Waals surface area contributed by atoms with Crippen LogP contribution in [0, 0.1) is 18.2 Å². The SMILES string of the molecule is CNC(=O)[C@]1(C)CC[C@@H](Nc2ncc3c(Br)nn(-c4cc(F)c5nc(C)ccc5c4)c3n2)C1. The van der Waals surface area contributed by atoms with Crippen LogP contribution >= 0.6 is 15.9 Å². The number of hydrogen-bond acceptors (Lipinski definition) is 6. The second kappa shape index (κ2) is 8.02. The molecule has 3 aromatic heterocycles. The largest absolute Gasteiger partial charge is 0.359 e. The van der Waals surface area contributed by atoms with E-state index in [1.807, 2.05) is 32.0 Å². The summed E-state index contributed by atoms with van der Waals surface area (Å²) in [5, 5.41) is 12.0. The number of aromatic nitrogens is 5. The molecule has 3 heterocycles. The fraction of sp³-hybridized carbons (Fsp3) is 0.348. The van der Waals surface area contributed by atoms with Crippen molar-refractivity contribution in [2.45, 2.75) is 39.2 Å². The van der Waals surface area contributed by atoms with Crippen LogP contribution < -0.4 is 10.6 Å². The molecule has 1 fully saturated rings. The summed E-state index contributed by atoms with van der Waals surface area (Å²) < 4.78 is 17.0. The molecule has 170 valence electrons. The van der Waals surface area contributed by atoms with Crippen LogP contribution in [0.1, 0.15) is 31.9 Å². The molecule has 5 rings (SSSR count). The molecule has 10 heteroatoms. The summed E-state index contributed by atoms with van der Waals surface area (Å²) >= 11 is 3.46. The monoisotopic (exact) mass is 511 g/mol. The molecule has 1 aliphatic carbocycles. The number of hydrogen-bond donors (Lipinski definition) is 2. The minimum absolute atomic E-state index is 0.0493. The highest BCUT2D eigenvalue weighted by Crippen LogP contribution is 2.39. The number of benzene rings is 1. The molecule has 4 aromatic rings. The lowest BCUT2D eigenvalue weighted by Gasteiger charge is -2.22. The Morgan fingerprint density at radius 1 is 1.30 bits per heavy atom. The number of fused-ring (bicyclic) bond motifs is 2. The number of nitrogens with zero attached hydrogens (tertiary/aromatic N) is 5. The predicted molar refractivity (Wildman–Crippen MR) is 128 cm³/mol. The van der Waals surface area contributed by atoms with Crippen molar-refractivity contribution < 1.29 is 9.18 Å². The molecule has 2 N–H and O–H groups in total. The van der Waals surface area contributed by atoms with Crippen molar-refractivity contribution in [3.8, 4) is 5.69 Å². The molecule has 1 aliphatic rings. The van der Waals surface area contributed by atoms with Crippen LogP contribution in [0.2, 0.25) is 0 Å². The van der Waals surface area contributed by atoms with Crippen molar-refractivity contribution in [3.63, 3.8) is 0 Å². The predicted octanol–water partition coefficient (Wildman–Crippen LogP) is 4.29. The average molecular weight is 512 g/mol. The minimum atomic E-state index is -0.419. The van der Waals surface area contributed by atoms with Gasteiger partial charge in [0.1, 0.15) is 10.1 Å². The maximum absolute atomic E-state index is 14.8. The van der Waals surface area contributed by atoms with E-state index in [0.29, 0.717) is 44.6 Å². The van der Waals surface area contributed by atoms with Crippen LogP contribution in [-0.4, -0.2) is 43.7 Å². The zero-order valence-corrected chi connectivity index (χ0v) is 20.1. The molecule has 0 unspecified atom stereocenters. The van der Waals surface area contributed by atoms with Crippen LogP contribution in [0.5, 0.6) is 0 Å². The highest BCUT2D eigenvalue weighted by molar-refractivity contribution is 9.10. The number of carbonyl (C=O) groups excluding carboxylic acids is 1. The topological polar surface area (TPSA) is 97.6 Å². The summed E-state index contributed by atoms with van der Waals surface area (Å²) in [6, 6.07) is 7.02. The van der Waals surface area contributed by atoms with Gasteiger partial charge < -0.3 is 10.6 Å². The Kier molecular flexibility index (Phi) is 5.27. The lowest BCUT2D eigenvalue weighted by molar-refractivity contribution is -0.129. The van der Waals surface area contributed by atoms with Crippen LogP contribution in [0.3, 0.4) is 0 Å². The van der Waals surface area contributed by atoms with Crippen molar-refractivity contribution in [3.05, 3.63) is 46.6 Å². The first-order valence-electron chi connectivity index (χ1n) is 10.7. The third kappa shape index (κ3) is 3.82. The van der Waals surface area contributed by atoms with Gasteiger partial charge in [-0.2, -0.15) is 10.1 Å². The lowest BCUT2D eigenvalue weighted by atomic mass is 9.87. The number of rotatable bonds is 4. The van der Waals surface area contributed by atoms with Gasteiger partial charge in [0.15, 0.2) is 11.5 Å². The van der Waals surface area contributed by atoms with E-state index >= 15 is 0 Å². The number of amides is 1. The van der Waals surface area contributed by atoms with E-state index in [-0.39, 0.29) is 11.9 Å². The number of halogens is 2. The smallest absolute Gasteiger partial charge is 0.225 e. The third-order valence-electron chi connectivity index (χ3n) is 6.34. The summed E-state index contributed by atoms with van der Waals surface area (Å²) in [5.41, 5.74) is 1.76. The standard InChI is InChI=1S/C23H23BrFN7O/c1-12-4-5-13-8-15(9-17(25)18(13)28-12)32-20-16(19(24)31-32)11-27-22(30-20)29-14-6-7-23(2,10-14)21(33)26-3/h4-5,8-9,11,14H,6-7,10H2,1-3H3,(H,26,33)(H,27,29,30)/t14-,23-/m1/s1. The molecule has 0 aliphatic heterocycles. The average Bonchev–Trinajstić information content (AvgIpc) is 3.34. The van der Waals surface area contributed by atoms with Gasteiger partial charge in [-0.25, -0.2) is 14.1 Å². The third-order valence-corrected chi connectivity index (χ3v) is 6.93. The van der Waals surface area contributed by atoms with E-state index in [9.17, 15) is 9.18 Å². The number of pyridine rings is 1. The molecular formula is C23H23BrFN7O. The van der Waals surface area contributed by atoms with E-state index in [2.05, 4.69) is 46.6 Å². The zero-order chi connectivity index (χ0) is 23.3. The van der Waals surface area contributed by atoms with Crippen LogP contribution in [0.4, 0.5) is 10.3 Å². The Bertz CT molecular complexity index is 1400. The van der Waals surface area contributed by atoms with Gasteiger partial charge in [0.05, 0.1) is 11.1 Å². The van der Waals surface area contributed by atoms with E-state index in [1.54, 1.807) is 17.9 Å². The molecular weight excluding hydrogens is 489 g/mol. The van der Waals surface area contributed by atoms with Gasteiger partial charge in [-0.15, -0.1) is 0 Å². The maximum Gasteiger partial charge on any atom is 0.225 e. The highest BCUT2D eigenvalue weighted by Gasteiger charge is 2.40. The second-order valence-electron chi connectivity index (χ2n) is 8.81. The van der Waals surface area contributed by atoms with Gasteiger partial charge in [-0.05, 0) is 54.2 Å². The zero-order valence-electron chi connectivity index (χ0n) is 18.5. The van der Waals surface area contributed by atoms with E-state index in [4.69, 9.17) is 0 Å². The van der Waals surface area contributed by atoms with Gasteiger partial charge >= 0.3 is 0 Å². The van der Waals surface area contributed by atoms with Gasteiger partial charge in [-0.3, -0.25) is 9.78 Å². The van der Waals surface area contributed by atoms with Gasteiger partial charge in [0.25, 0.3) is 0 Å². The Hall–Kier alpha value is -3.14. The van der Waals surface area contributed by atoms with Gasteiger partial charge in [-0.1, -0.05) is 13.0 Å². The maximum atomic E-state index is 14.8. The summed E-state index contributed by atoms with van der Waals surface area (Å²) in [5.74, 6) is 0.0758. The van der Waals surface area contributed by atoms with Crippen LogP contribution in [0.25, 0.3) is 27.6 Å². The van der Waals surface area contributed by atoms with Gasteiger partial charge in [0.2, 0.25) is 11.9 Å². The highest BCUT2D eigenvalue weighted by atomic mass is 79.9. The van der Waals surface area contributed by atoms with Crippen molar-refractivity contribution in [2.24, 2.45) is 5.41 Å².